The number of rotatable bonds is 6. The Morgan fingerprint density at radius 3 is 2.67 bits per heavy atom. The zero-order chi connectivity index (χ0) is 17.9. The Balaban J connectivity index is 2.42. The van der Waals surface area contributed by atoms with Crippen LogP contribution in [0.3, 0.4) is 0 Å². The molecule has 0 fully saturated rings. The maximum Gasteiger partial charge on any atom is 0.243 e. The molecular weight excluding hydrogens is 328 g/mol. The molecule has 0 radical (unpaired) electrons. The minimum atomic E-state index is -3.58. The maximum absolute atomic E-state index is 12.9. The number of carbonyl (C=O) groups excluding carboxylic acids is 1. The van der Waals surface area contributed by atoms with Gasteiger partial charge in [0.2, 0.25) is 15.9 Å². The molecule has 24 heavy (non-hydrogen) atoms. The average molecular weight is 354 g/mol. The van der Waals surface area contributed by atoms with E-state index < -0.39 is 10.0 Å². The molecule has 6 nitrogen and oxygen atoms in total. The van der Waals surface area contributed by atoms with Crippen LogP contribution in [0, 0.1) is 0 Å². The van der Waals surface area contributed by atoms with Gasteiger partial charge in [0.15, 0.2) is 0 Å². The zero-order valence-corrected chi connectivity index (χ0v) is 15.6. The van der Waals surface area contributed by atoms with Gasteiger partial charge < -0.3 is 9.64 Å². The highest BCUT2D eigenvalue weighted by Crippen LogP contribution is 2.36. The van der Waals surface area contributed by atoms with E-state index in [0.29, 0.717) is 31.1 Å². The van der Waals surface area contributed by atoms with Crippen molar-refractivity contribution in [3.05, 3.63) is 18.2 Å². The molecule has 0 aromatic heterocycles. The Labute approximate surface area is 144 Å². The smallest absolute Gasteiger partial charge is 0.243 e. The summed E-state index contributed by atoms with van der Waals surface area (Å²) in [6, 6.07) is 4.74. The number of carbonyl (C=O) groups is 1. The number of sulfonamides is 1. The molecule has 2 rings (SSSR count). The van der Waals surface area contributed by atoms with Crippen molar-refractivity contribution in [2.24, 2.45) is 0 Å². The molecule has 1 amide bonds. The fourth-order valence-electron chi connectivity index (χ4n) is 2.81. The van der Waals surface area contributed by atoms with E-state index >= 15 is 0 Å². The highest BCUT2D eigenvalue weighted by Gasteiger charge is 2.29. The molecular formula is C17H26N2O4S. The van der Waals surface area contributed by atoms with Crippen LogP contribution in [0.15, 0.2) is 23.1 Å². The van der Waals surface area contributed by atoms with Crippen LogP contribution < -0.4 is 9.64 Å². The van der Waals surface area contributed by atoms with Crippen molar-refractivity contribution >= 4 is 21.6 Å². The van der Waals surface area contributed by atoms with Gasteiger partial charge in [0.25, 0.3) is 0 Å². The van der Waals surface area contributed by atoms with Crippen molar-refractivity contribution in [2.75, 3.05) is 24.5 Å². The van der Waals surface area contributed by atoms with Gasteiger partial charge in [0.05, 0.1) is 17.1 Å². The number of hydrogen-bond donors (Lipinski definition) is 0. The first-order valence-corrected chi connectivity index (χ1v) is 9.84. The summed E-state index contributed by atoms with van der Waals surface area (Å²) < 4.78 is 33.0. The minimum Gasteiger partial charge on any atom is -0.487 e. The molecule has 1 aromatic rings. The molecule has 0 saturated heterocycles. The third-order valence-electron chi connectivity index (χ3n) is 4.12. The molecule has 0 aliphatic carbocycles. The second-order valence-corrected chi connectivity index (χ2v) is 7.98. The number of unbranched alkanes of at least 4 members (excludes halogenated alkanes) is 1. The SMILES string of the molecule is CCCCN(CC)S(=O)(=O)c1ccc2c(c1)N(C(C)=O)CC(C)O2. The van der Waals surface area contributed by atoms with Crippen molar-refractivity contribution < 1.29 is 17.9 Å². The number of ether oxygens (including phenoxy) is 1. The summed E-state index contributed by atoms with van der Waals surface area (Å²) in [5, 5.41) is 0. The number of fused-ring (bicyclic) bond motifs is 1. The summed E-state index contributed by atoms with van der Waals surface area (Å²) in [6.07, 6.45) is 1.62. The molecule has 7 heteroatoms. The van der Waals surface area contributed by atoms with Gasteiger partial charge in [0, 0.05) is 20.0 Å². The second kappa shape index (κ2) is 7.53. The third-order valence-corrected chi connectivity index (χ3v) is 6.09. The number of nitrogens with zero attached hydrogens (tertiary/aromatic N) is 2. The van der Waals surface area contributed by atoms with E-state index in [1.54, 1.807) is 23.1 Å². The minimum absolute atomic E-state index is 0.124. The monoisotopic (exact) mass is 354 g/mol. The first-order valence-electron chi connectivity index (χ1n) is 8.40. The van der Waals surface area contributed by atoms with E-state index in [1.807, 2.05) is 20.8 Å². The van der Waals surface area contributed by atoms with E-state index in [4.69, 9.17) is 4.74 Å². The fraction of sp³-hybridized carbons (Fsp3) is 0.588. The number of benzene rings is 1. The topological polar surface area (TPSA) is 66.9 Å². The lowest BCUT2D eigenvalue weighted by atomic mass is 10.2. The number of anilines is 1. The summed E-state index contributed by atoms with van der Waals surface area (Å²) >= 11 is 0. The van der Waals surface area contributed by atoms with Crippen molar-refractivity contribution in [3.8, 4) is 5.75 Å². The van der Waals surface area contributed by atoms with Crippen LogP contribution in [-0.4, -0.2) is 44.4 Å². The Bertz CT molecular complexity index is 703. The quantitative estimate of drug-likeness (QED) is 0.788. The van der Waals surface area contributed by atoms with Crippen molar-refractivity contribution in [1.82, 2.24) is 4.31 Å². The predicted octanol–water partition coefficient (Wildman–Crippen LogP) is 2.63. The van der Waals surface area contributed by atoms with E-state index in [-0.39, 0.29) is 16.9 Å². The highest BCUT2D eigenvalue weighted by atomic mass is 32.2. The van der Waals surface area contributed by atoms with Crippen LogP contribution in [0.5, 0.6) is 5.75 Å². The highest BCUT2D eigenvalue weighted by molar-refractivity contribution is 7.89. The molecule has 0 spiro atoms. The lowest BCUT2D eigenvalue weighted by molar-refractivity contribution is -0.117. The Morgan fingerprint density at radius 1 is 1.38 bits per heavy atom. The van der Waals surface area contributed by atoms with Crippen LogP contribution in [0.2, 0.25) is 0 Å². The Kier molecular flexibility index (Phi) is 5.87. The molecule has 0 N–H and O–H groups in total. The molecule has 0 saturated carbocycles. The van der Waals surface area contributed by atoms with Gasteiger partial charge in [-0.3, -0.25) is 4.79 Å². The first-order chi connectivity index (χ1) is 11.3. The molecule has 1 unspecified atom stereocenters. The van der Waals surface area contributed by atoms with Crippen LogP contribution in [0.4, 0.5) is 5.69 Å². The summed E-state index contributed by atoms with van der Waals surface area (Å²) in [7, 11) is -3.58. The Hall–Kier alpha value is -1.60. The van der Waals surface area contributed by atoms with Gasteiger partial charge >= 0.3 is 0 Å². The molecule has 0 bridgehead atoms. The first kappa shape index (κ1) is 18.7. The summed E-state index contributed by atoms with van der Waals surface area (Å²) in [5.74, 6) is 0.416. The van der Waals surface area contributed by atoms with Gasteiger partial charge in [-0.15, -0.1) is 0 Å². The van der Waals surface area contributed by atoms with Gasteiger partial charge in [-0.05, 0) is 31.5 Å². The van der Waals surface area contributed by atoms with E-state index in [1.165, 1.54) is 11.2 Å². The maximum atomic E-state index is 12.9. The van der Waals surface area contributed by atoms with E-state index in [9.17, 15) is 13.2 Å². The van der Waals surface area contributed by atoms with Crippen molar-refractivity contribution in [3.63, 3.8) is 0 Å². The largest absolute Gasteiger partial charge is 0.487 e. The molecule has 1 aromatic carbocycles. The van der Waals surface area contributed by atoms with Crippen LogP contribution in [0.25, 0.3) is 0 Å². The van der Waals surface area contributed by atoms with Crippen LogP contribution >= 0.6 is 0 Å². The number of amides is 1. The van der Waals surface area contributed by atoms with Crippen molar-refractivity contribution in [2.45, 2.75) is 51.5 Å². The van der Waals surface area contributed by atoms with Gasteiger partial charge in [-0.25, -0.2) is 8.42 Å². The van der Waals surface area contributed by atoms with Crippen LogP contribution in [0.1, 0.15) is 40.5 Å². The van der Waals surface area contributed by atoms with E-state index in [2.05, 4.69) is 0 Å². The Morgan fingerprint density at radius 2 is 2.08 bits per heavy atom. The molecule has 1 heterocycles. The van der Waals surface area contributed by atoms with Crippen LogP contribution in [-0.2, 0) is 14.8 Å². The lowest BCUT2D eigenvalue weighted by Crippen LogP contribution is -2.41. The fourth-order valence-corrected chi connectivity index (χ4v) is 4.32. The third kappa shape index (κ3) is 3.72. The standard InChI is InChI=1S/C17H26N2O4S/c1-5-7-10-18(6-2)24(21,22)15-8-9-17-16(11-15)19(14(4)20)12-13(3)23-17/h8-9,11,13H,5-7,10,12H2,1-4H3. The average Bonchev–Trinajstić information content (AvgIpc) is 2.53. The second-order valence-electron chi connectivity index (χ2n) is 6.04. The predicted molar refractivity (Wildman–Crippen MR) is 93.9 cm³/mol. The summed E-state index contributed by atoms with van der Waals surface area (Å²) in [4.78, 5) is 13.7. The molecule has 1 atom stereocenters. The summed E-state index contributed by atoms with van der Waals surface area (Å²) in [5.41, 5.74) is 0.521. The lowest BCUT2D eigenvalue weighted by Gasteiger charge is -2.33. The van der Waals surface area contributed by atoms with Gasteiger partial charge in [-0.2, -0.15) is 4.31 Å². The van der Waals surface area contributed by atoms with Gasteiger partial charge in [0.1, 0.15) is 11.9 Å². The molecule has 134 valence electrons. The van der Waals surface area contributed by atoms with Crippen molar-refractivity contribution in [1.29, 1.82) is 0 Å². The number of hydrogen-bond acceptors (Lipinski definition) is 4. The normalized spacial score (nSPS) is 17.5. The molecule has 1 aliphatic rings. The summed E-state index contributed by atoms with van der Waals surface area (Å²) in [6.45, 7) is 8.55. The van der Waals surface area contributed by atoms with Gasteiger partial charge in [-0.1, -0.05) is 20.3 Å². The van der Waals surface area contributed by atoms with E-state index in [0.717, 1.165) is 12.8 Å². The molecule has 1 aliphatic heterocycles. The zero-order valence-electron chi connectivity index (χ0n) is 14.8.